The van der Waals surface area contributed by atoms with Gasteiger partial charge in [-0.15, -0.1) is 0 Å². The second kappa shape index (κ2) is 9.59. The zero-order valence-electron chi connectivity index (χ0n) is 16.0. The van der Waals surface area contributed by atoms with Crippen LogP contribution in [0.1, 0.15) is 16.7 Å². The lowest BCUT2D eigenvalue weighted by Gasteiger charge is -2.12. The molecule has 0 aliphatic carbocycles. The molecular weight excluding hydrogens is 404 g/mol. The average Bonchev–Trinajstić information content (AvgIpc) is 2.77. The highest BCUT2D eigenvalue weighted by Gasteiger charge is 2.10. The molecule has 0 bridgehead atoms. The van der Waals surface area contributed by atoms with Gasteiger partial charge in [-0.05, 0) is 47.0 Å². The van der Waals surface area contributed by atoms with E-state index >= 15 is 0 Å². The van der Waals surface area contributed by atoms with E-state index in [-0.39, 0.29) is 5.69 Å². The van der Waals surface area contributed by atoms with Crippen LogP contribution in [0.25, 0.3) is 11.6 Å². The van der Waals surface area contributed by atoms with Gasteiger partial charge in [0.15, 0.2) is 11.5 Å². The normalized spacial score (nSPS) is 10.9. The lowest BCUT2D eigenvalue weighted by molar-refractivity contribution is -0.384. The van der Waals surface area contributed by atoms with Gasteiger partial charge >= 0.3 is 0 Å². The van der Waals surface area contributed by atoms with Crippen molar-refractivity contribution in [2.75, 3.05) is 7.11 Å². The van der Waals surface area contributed by atoms with Crippen molar-refractivity contribution in [3.63, 3.8) is 0 Å². The predicted octanol–water partition coefficient (Wildman–Crippen LogP) is 5.90. The third kappa shape index (κ3) is 5.16. The second-order valence-electron chi connectivity index (χ2n) is 6.30. The van der Waals surface area contributed by atoms with Gasteiger partial charge in [-0.2, -0.15) is 5.26 Å². The summed E-state index contributed by atoms with van der Waals surface area (Å²) in [5.41, 5.74) is 2.36. The van der Waals surface area contributed by atoms with Gasteiger partial charge in [0.1, 0.15) is 6.61 Å². The van der Waals surface area contributed by atoms with E-state index in [1.165, 1.54) is 19.2 Å². The largest absolute Gasteiger partial charge is 0.493 e. The van der Waals surface area contributed by atoms with E-state index < -0.39 is 4.92 Å². The van der Waals surface area contributed by atoms with Gasteiger partial charge in [0.05, 0.1) is 23.7 Å². The number of hydrogen-bond donors (Lipinski definition) is 0. The van der Waals surface area contributed by atoms with Crippen LogP contribution < -0.4 is 9.47 Å². The molecule has 0 aromatic heterocycles. The molecule has 0 spiro atoms. The number of nitrogens with zero attached hydrogens (tertiary/aromatic N) is 2. The van der Waals surface area contributed by atoms with Crippen LogP contribution in [0.4, 0.5) is 5.69 Å². The summed E-state index contributed by atoms with van der Waals surface area (Å²) in [6, 6.07) is 20.7. The molecule has 30 heavy (non-hydrogen) atoms. The summed E-state index contributed by atoms with van der Waals surface area (Å²) in [7, 11) is 1.53. The standard InChI is InChI=1S/C23H17ClN2O4/c1-29-23-12-17(7-10-22(23)30-15-16-5-8-20(24)9-6-16)11-19(14-25)18-3-2-4-21(13-18)26(27)28/h2-13H,15H2,1H3. The number of allylic oxidation sites excluding steroid dienone is 1. The molecular formula is C23H17ClN2O4. The van der Waals surface area contributed by atoms with Crippen LogP contribution in [0.3, 0.4) is 0 Å². The van der Waals surface area contributed by atoms with Gasteiger partial charge in [0, 0.05) is 17.2 Å². The summed E-state index contributed by atoms with van der Waals surface area (Å²) in [6.07, 6.45) is 1.64. The minimum absolute atomic E-state index is 0.0721. The number of rotatable bonds is 7. The average molecular weight is 421 g/mol. The van der Waals surface area contributed by atoms with Crippen molar-refractivity contribution in [1.82, 2.24) is 0 Å². The van der Waals surface area contributed by atoms with Crippen molar-refractivity contribution in [3.8, 4) is 17.6 Å². The summed E-state index contributed by atoms with van der Waals surface area (Å²) in [6.45, 7) is 0.347. The van der Waals surface area contributed by atoms with Crippen LogP contribution in [0, 0.1) is 21.4 Å². The van der Waals surface area contributed by atoms with Crippen LogP contribution in [0.2, 0.25) is 5.02 Å². The van der Waals surface area contributed by atoms with E-state index in [9.17, 15) is 15.4 Å². The molecule has 0 atom stereocenters. The highest BCUT2D eigenvalue weighted by molar-refractivity contribution is 6.30. The fraction of sp³-hybridized carbons (Fsp3) is 0.0870. The van der Waals surface area contributed by atoms with Crippen molar-refractivity contribution in [3.05, 3.63) is 98.6 Å². The molecule has 0 heterocycles. The summed E-state index contributed by atoms with van der Waals surface area (Å²) in [5, 5.41) is 21.2. The Labute approximate surface area is 178 Å². The smallest absolute Gasteiger partial charge is 0.270 e. The molecule has 150 valence electrons. The molecule has 0 amide bonds. The van der Waals surface area contributed by atoms with Gasteiger partial charge in [0.25, 0.3) is 5.69 Å². The van der Waals surface area contributed by atoms with Gasteiger partial charge in [-0.3, -0.25) is 10.1 Å². The first-order valence-corrected chi connectivity index (χ1v) is 9.30. The molecule has 0 aliphatic rings. The maximum atomic E-state index is 11.0. The summed E-state index contributed by atoms with van der Waals surface area (Å²) < 4.78 is 11.3. The molecule has 6 nitrogen and oxygen atoms in total. The van der Waals surface area contributed by atoms with E-state index in [1.807, 2.05) is 12.1 Å². The zero-order valence-corrected chi connectivity index (χ0v) is 16.8. The number of hydrogen-bond acceptors (Lipinski definition) is 5. The number of nitriles is 1. The third-order valence-corrected chi connectivity index (χ3v) is 4.55. The summed E-state index contributed by atoms with van der Waals surface area (Å²) >= 11 is 5.89. The van der Waals surface area contributed by atoms with E-state index in [0.29, 0.717) is 39.8 Å². The van der Waals surface area contributed by atoms with Crippen molar-refractivity contribution < 1.29 is 14.4 Å². The topological polar surface area (TPSA) is 85.4 Å². The number of non-ortho nitro benzene ring substituents is 1. The molecule has 0 saturated heterocycles. The number of nitro benzene ring substituents is 1. The number of methoxy groups -OCH3 is 1. The Kier molecular flexibility index (Phi) is 6.68. The quantitative estimate of drug-likeness (QED) is 0.205. The highest BCUT2D eigenvalue weighted by Crippen LogP contribution is 2.31. The van der Waals surface area contributed by atoms with Crippen LogP contribution in [-0.2, 0) is 6.61 Å². The molecule has 0 fully saturated rings. The van der Waals surface area contributed by atoms with Crippen molar-refractivity contribution in [2.24, 2.45) is 0 Å². The Morgan fingerprint density at radius 2 is 1.90 bits per heavy atom. The molecule has 3 rings (SSSR count). The predicted molar refractivity (Wildman–Crippen MR) is 115 cm³/mol. The van der Waals surface area contributed by atoms with Crippen molar-refractivity contribution >= 4 is 28.9 Å². The molecule has 0 unspecified atom stereocenters. The number of ether oxygens (including phenoxy) is 2. The summed E-state index contributed by atoms with van der Waals surface area (Å²) in [5.74, 6) is 1.06. The Morgan fingerprint density at radius 1 is 1.13 bits per heavy atom. The molecule has 7 heteroatoms. The van der Waals surface area contributed by atoms with Crippen LogP contribution in [0.5, 0.6) is 11.5 Å². The number of benzene rings is 3. The van der Waals surface area contributed by atoms with Crippen LogP contribution >= 0.6 is 11.6 Å². The van der Waals surface area contributed by atoms with Gasteiger partial charge < -0.3 is 9.47 Å². The minimum Gasteiger partial charge on any atom is -0.493 e. The molecule has 0 aliphatic heterocycles. The molecule has 0 N–H and O–H groups in total. The number of halogens is 1. The van der Waals surface area contributed by atoms with E-state index in [2.05, 4.69) is 6.07 Å². The monoisotopic (exact) mass is 420 g/mol. The van der Waals surface area contributed by atoms with Crippen molar-refractivity contribution in [1.29, 1.82) is 5.26 Å². The first-order valence-electron chi connectivity index (χ1n) is 8.92. The minimum atomic E-state index is -0.492. The van der Waals surface area contributed by atoms with Gasteiger partial charge in [0.2, 0.25) is 0 Å². The van der Waals surface area contributed by atoms with E-state index in [1.54, 1.807) is 48.5 Å². The van der Waals surface area contributed by atoms with E-state index in [0.717, 1.165) is 5.56 Å². The summed E-state index contributed by atoms with van der Waals surface area (Å²) in [4.78, 5) is 10.5. The first kappa shape index (κ1) is 20.9. The van der Waals surface area contributed by atoms with Gasteiger partial charge in [-0.1, -0.05) is 41.9 Å². The van der Waals surface area contributed by atoms with Crippen molar-refractivity contribution in [2.45, 2.75) is 6.61 Å². The Balaban J connectivity index is 1.84. The fourth-order valence-corrected chi connectivity index (χ4v) is 2.89. The van der Waals surface area contributed by atoms with Crippen LogP contribution in [-0.4, -0.2) is 12.0 Å². The fourth-order valence-electron chi connectivity index (χ4n) is 2.77. The maximum absolute atomic E-state index is 11.0. The van der Waals surface area contributed by atoms with E-state index in [4.69, 9.17) is 21.1 Å². The first-order chi connectivity index (χ1) is 14.5. The Morgan fingerprint density at radius 3 is 2.57 bits per heavy atom. The lowest BCUT2D eigenvalue weighted by atomic mass is 10.0. The SMILES string of the molecule is COc1cc(C=C(C#N)c2cccc([N+](=O)[O-])c2)ccc1OCc1ccc(Cl)cc1. The third-order valence-electron chi connectivity index (χ3n) is 4.29. The number of nitro groups is 1. The zero-order chi connectivity index (χ0) is 21.5. The highest BCUT2D eigenvalue weighted by atomic mass is 35.5. The molecule has 3 aromatic carbocycles. The Hall–Kier alpha value is -3.82. The molecule has 3 aromatic rings. The lowest BCUT2D eigenvalue weighted by Crippen LogP contribution is -1.98. The van der Waals surface area contributed by atoms with Gasteiger partial charge in [-0.25, -0.2) is 0 Å². The molecule has 0 radical (unpaired) electrons. The maximum Gasteiger partial charge on any atom is 0.270 e. The van der Waals surface area contributed by atoms with Crippen LogP contribution in [0.15, 0.2) is 66.7 Å². The molecule has 0 saturated carbocycles. The second-order valence-corrected chi connectivity index (χ2v) is 6.74. The Bertz CT molecular complexity index is 1130.